The minimum absolute atomic E-state index is 0.0834. The summed E-state index contributed by atoms with van der Waals surface area (Å²) in [6.07, 6.45) is 1.59. The average Bonchev–Trinajstić information content (AvgIpc) is 2.90. The normalized spacial score (nSPS) is 18.7. The predicted octanol–water partition coefficient (Wildman–Crippen LogP) is 2.95. The van der Waals surface area contributed by atoms with Crippen LogP contribution in [-0.2, 0) is 9.84 Å². The molecule has 23 heavy (non-hydrogen) atoms. The van der Waals surface area contributed by atoms with Crippen LogP contribution in [0.25, 0.3) is 0 Å². The van der Waals surface area contributed by atoms with E-state index in [9.17, 15) is 13.2 Å². The van der Waals surface area contributed by atoms with Crippen LogP contribution in [0.5, 0.6) is 0 Å². The minimum atomic E-state index is -3.25. The van der Waals surface area contributed by atoms with Gasteiger partial charge in [0.15, 0.2) is 9.84 Å². The SMILES string of the molecule is Cc1ccccc1N(C(=O)c1ccccc1)C1C=CS(=O)(=O)C1. The molecule has 2 aromatic rings. The molecule has 0 saturated heterocycles. The third kappa shape index (κ3) is 3.19. The molecule has 3 rings (SSSR count). The molecule has 0 spiro atoms. The molecule has 0 aliphatic carbocycles. The summed E-state index contributed by atoms with van der Waals surface area (Å²) in [6, 6.07) is 15.9. The molecule has 5 heteroatoms. The van der Waals surface area contributed by atoms with Gasteiger partial charge in [-0.2, -0.15) is 0 Å². The average molecular weight is 327 g/mol. The third-order valence-electron chi connectivity index (χ3n) is 3.86. The van der Waals surface area contributed by atoms with Gasteiger partial charge in [0.1, 0.15) is 0 Å². The van der Waals surface area contributed by atoms with Gasteiger partial charge in [0.05, 0.1) is 11.8 Å². The fraction of sp³-hybridized carbons (Fsp3) is 0.167. The van der Waals surface area contributed by atoms with Crippen LogP contribution in [0.2, 0.25) is 0 Å². The molecule has 1 heterocycles. The number of amides is 1. The second kappa shape index (κ2) is 6.01. The molecule has 1 unspecified atom stereocenters. The molecule has 1 amide bonds. The first-order valence-corrected chi connectivity index (χ1v) is 9.05. The summed E-state index contributed by atoms with van der Waals surface area (Å²) in [6.45, 7) is 1.91. The lowest BCUT2D eigenvalue weighted by Gasteiger charge is -2.29. The van der Waals surface area contributed by atoms with Crippen molar-refractivity contribution in [1.82, 2.24) is 0 Å². The van der Waals surface area contributed by atoms with Crippen molar-refractivity contribution in [3.63, 3.8) is 0 Å². The monoisotopic (exact) mass is 327 g/mol. The summed E-state index contributed by atoms with van der Waals surface area (Å²) in [5.41, 5.74) is 2.19. The summed E-state index contributed by atoms with van der Waals surface area (Å²) in [4.78, 5) is 14.6. The number of para-hydroxylation sites is 1. The summed E-state index contributed by atoms with van der Waals surface area (Å²) in [5.74, 6) is -0.286. The zero-order valence-corrected chi connectivity index (χ0v) is 13.5. The summed E-state index contributed by atoms with van der Waals surface area (Å²) >= 11 is 0. The largest absolute Gasteiger partial charge is 0.300 e. The van der Waals surface area contributed by atoms with Crippen molar-refractivity contribution >= 4 is 21.4 Å². The van der Waals surface area contributed by atoms with Gasteiger partial charge in [-0.05, 0) is 36.8 Å². The second-order valence-corrected chi connectivity index (χ2v) is 7.48. The van der Waals surface area contributed by atoms with Crippen molar-refractivity contribution in [2.24, 2.45) is 0 Å². The molecule has 1 atom stereocenters. The van der Waals surface area contributed by atoms with E-state index in [-0.39, 0.29) is 11.7 Å². The van der Waals surface area contributed by atoms with Gasteiger partial charge >= 0.3 is 0 Å². The number of nitrogens with zero attached hydrogens (tertiary/aromatic N) is 1. The van der Waals surface area contributed by atoms with Crippen LogP contribution in [0.1, 0.15) is 15.9 Å². The molecule has 4 nitrogen and oxygen atoms in total. The van der Waals surface area contributed by atoms with Crippen molar-refractivity contribution in [1.29, 1.82) is 0 Å². The lowest BCUT2D eigenvalue weighted by Crippen LogP contribution is -2.41. The number of anilines is 1. The fourth-order valence-corrected chi connectivity index (χ4v) is 3.98. The van der Waals surface area contributed by atoms with Crippen LogP contribution in [0, 0.1) is 6.92 Å². The second-order valence-electron chi connectivity index (χ2n) is 5.55. The van der Waals surface area contributed by atoms with Crippen LogP contribution < -0.4 is 4.90 Å². The van der Waals surface area contributed by atoms with Crippen molar-refractivity contribution in [3.05, 3.63) is 77.2 Å². The van der Waals surface area contributed by atoms with E-state index in [1.807, 2.05) is 37.3 Å². The highest BCUT2D eigenvalue weighted by molar-refractivity contribution is 7.94. The Morgan fingerprint density at radius 1 is 1.04 bits per heavy atom. The standard InChI is InChI=1S/C18H17NO3S/c1-14-7-5-6-10-17(14)19(16-11-12-23(21,22)13-16)18(20)15-8-3-2-4-9-15/h2-12,16H,13H2,1H3. The molecule has 2 aromatic carbocycles. The Labute approximate surface area is 136 Å². The van der Waals surface area contributed by atoms with Crippen LogP contribution in [0.15, 0.2) is 66.1 Å². The zero-order chi connectivity index (χ0) is 16.4. The van der Waals surface area contributed by atoms with E-state index < -0.39 is 15.9 Å². The van der Waals surface area contributed by atoms with E-state index in [1.54, 1.807) is 35.2 Å². The number of sulfone groups is 1. The van der Waals surface area contributed by atoms with Crippen LogP contribution >= 0.6 is 0 Å². The van der Waals surface area contributed by atoms with Gasteiger partial charge in [0.25, 0.3) is 5.91 Å². The highest BCUT2D eigenvalue weighted by Crippen LogP contribution is 2.27. The van der Waals surface area contributed by atoms with Gasteiger partial charge in [-0.25, -0.2) is 8.42 Å². The van der Waals surface area contributed by atoms with Crippen molar-refractivity contribution < 1.29 is 13.2 Å². The van der Waals surface area contributed by atoms with Gasteiger partial charge in [0.2, 0.25) is 0 Å². The number of rotatable bonds is 3. The molecule has 0 fully saturated rings. The number of carbonyl (C=O) groups is 1. The minimum Gasteiger partial charge on any atom is -0.300 e. The van der Waals surface area contributed by atoms with E-state index in [1.165, 1.54) is 5.41 Å². The maximum Gasteiger partial charge on any atom is 0.258 e. The zero-order valence-electron chi connectivity index (χ0n) is 12.7. The Bertz CT molecular complexity index is 857. The van der Waals surface area contributed by atoms with Crippen LogP contribution in [0.4, 0.5) is 5.69 Å². The van der Waals surface area contributed by atoms with Gasteiger partial charge in [-0.3, -0.25) is 4.79 Å². The van der Waals surface area contributed by atoms with Gasteiger partial charge < -0.3 is 4.90 Å². The molecule has 0 bridgehead atoms. The Hall–Kier alpha value is -2.40. The molecule has 118 valence electrons. The molecule has 0 N–H and O–H groups in total. The first-order chi connectivity index (χ1) is 11.0. The van der Waals surface area contributed by atoms with Crippen molar-refractivity contribution in [2.45, 2.75) is 13.0 Å². The molecular weight excluding hydrogens is 310 g/mol. The Balaban J connectivity index is 2.06. The molecule has 0 radical (unpaired) electrons. The smallest absolute Gasteiger partial charge is 0.258 e. The quantitative estimate of drug-likeness (QED) is 0.871. The first-order valence-electron chi connectivity index (χ1n) is 7.33. The molecule has 0 aromatic heterocycles. The Morgan fingerprint density at radius 2 is 1.70 bits per heavy atom. The van der Waals surface area contributed by atoms with E-state index >= 15 is 0 Å². The number of hydrogen-bond acceptors (Lipinski definition) is 3. The third-order valence-corrected chi connectivity index (χ3v) is 5.24. The van der Waals surface area contributed by atoms with Gasteiger partial charge in [-0.1, -0.05) is 36.4 Å². The number of benzene rings is 2. The van der Waals surface area contributed by atoms with Gasteiger partial charge in [0, 0.05) is 16.7 Å². The Kier molecular flexibility index (Phi) is 4.05. The molecule has 0 saturated carbocycles. The number of hydrogen-bond donors (Lipinski definition) is 0. The summed E-state index contributed by atoms with van der Waals surface area (Å²) in [7, 11) is -3.25. The van der Waals surface area contributed by atoms with E-state index in [4.69, 9.17) is 0 Å². The van der Waals surface area contributed by atoms with Crippen molar-refractivity contribution in [2.75, 3.05) is 10.7 Å². The lowest BCUT2D eigenvalue weighted by atomic mass is 10.1. The highest BCUT2D eigenvalue weighted by atomic mass is 32.2. The first kappa shape index (κ1) is 15.5. The van der Waals surface area contributed by atoms with Crippen LogP contribution in [0.3, 0.4) is 0 Å². The maximum atomic E-state index is 13.0. The molecule has 1 aliphatic rings. The summed E-state index contributed by atoms with van der Waals surface area (Å²) in [5, 5.41) is 1.20. The highest BCUT2D eigenvalue weighted by Gasteiger charge is 2.32. The van der Waals surface area contributed by atoms with E-state index in [0.717, 1.165) is 11.3 Å². The topological polar surface area (TPSA) is 54.5 Å². The summed E-state index contributed by atoms with van der Waals surface area (Å²) < 4.78 is 23.6. The van der Waals surface area contributed by atoms with Crippen molar-refractivity contribution in [3.8, 4) is 0 Å². The predicted molar refractivity (Wildman–Crippen MR) is 91.1 cm³/mol. The van der Waals surface area contributed by atoms with Crippen LogP contribution in [-0.4, -0.2) is 26.1 Å². The molecule has 1 aliphatic heterocycles. The maximum absolute atomic E-state index is 13.0. The van der Waals surface area contributed by atoms with E-state index in [2.05, 4.69) is 0 Å². The Morgan fingerprint density at radius 3 is 2.30 bits per heavy atom. The van der Waals surface area contributed by atoms with E-state index in [0.29, 0.717) is 5.56 Å². The number of carbonyl (C=O) groups excluding carboxylic acids is 1. The number of aryl methyl sites for hydroxylation is 1. The lowest BCUT2D eigenvalue weighted by molar-refractivity contribution is 0.0983. The molecular formula is C18H17NO3S. The fourth-order valence-electron chi connectivity index (χ4n) is 2.71. The van der Waals surface area contributed by atoms with Gasteiger partial charge in [-0.15, -0.1) is 0 Å².